The number of hydrogen-bond donors (Lipinski definition) is 1. The molecule has 1 N–H and O–H groups in total. The standard InChI is InChI=1S/C15H46O8Si7/c1-17-25(4,5)19-27(8,9)21-29(12,13)23-30(14,15)22-28(10,11)20-26(6,7)18-24(2,3)16/h16H,1-15H3. The van der Waals surface area contributed by atoms with Gasteiger partial charge < -0.3 is 33.9 Å². The average Bonchev–Trinajstić information content (AvgIpc) is 2.26. The first-order valence-corrected chi connectivity index (χ1v) is 30.0. The fraction of sp³-hybridized carbons (Fsp3) is 1.00. The molecule has 0 bridgehead atoms. The van der Waals surface area contributed by atoms with Gasteiger partial charge in [-0.2, -0.15) is 0 Å². The molecule has 0 aliphatic rings. The lowest BCUT2D eigenvalue weighted by atomic mass is 11.8. The molecule has 0 unspecified atom stereocenters. The zero-order chi connectivity index (χ0) is 24.4. The highest BCUT2D eigenvalue weighted by Crippen LogP contribution is 2.28. The van der Waals surface area contributed by atoms with Crippen molar-refractivity contribution in [3.05, 3.63) is 0 Å². The minimum Gasteiger partial charge on any atom is -0.416 e. The van der Waals surface area contributed by atoms with Crippen LogP contribution in [0.4, 0.5) is 0 Å². The quantitative estimate of drug-likeness (QED) is 0.332. The van der Waals surface area contributed by atoms with Crippen LogP contribution in [0.25, 0.3) is 0 Å². The fourth-order valence-electron chi connectivity index (χ4n) is 3.71. The Labute approximate surface area is 192 Å². The monoisotopic (exact) mass is 550 g/mol. The molecule has 0 spiro atoms. The van der Waals surface area contributed by atoms with Crippen molar-refractivity contribution in [1.82, 2.24) is 0 Å². The molecule has 0 saturated heterocycles. The summed E-state index contributed by atoms with van der Waals surface area (Å²) in [6.07, 6.45) is 0. The van der Waals surface area contributed by atoms with Gasteiger partial charge in [0.1, 0.15) is 0 Å². The van der Waals surface area contributed by atoms with E-state index in [0.29, 0.717) is 0 Å². The summed E-state index contributed by atoms with van der Waals surface area (Å²) in [6, 6.07) is 0. The molecule has 0 aromatic rings. The number of rotatable bonds is 13. The highest BCUT2D eigenvalue weighted by molar-refractivity contribution is 6.91. The lowest BCUT2D eigenvalue weighted by Crippen LogP contribution is -2.61. The first-order valence-electron chi connectivity index (χ1n) is 10.3. The summed E-state index contributed by atoms with van der Waals surface area (Å²) in [5, 5.41) is 0. The van der Waals surface area contributed by atoms with Gasteiger partial charge in [-0.15, -0.1) is 0 Å². The molecule has 0 rings (SSSR count). The van der Waals surface area contributed by atoms with Crippen LogP contribution in [0.15, 0.2) is 0 Å². The largest absolute Gasteiger partial charge is 0.416 e. The Morgan fingerprint density at radius 3 is 0.767 bits per heavy atom. The van der Waals surface area contributed by atoms with E-state index in [1.54, 1.807) is 20.2 Å². The summed E-state index contributed by atoms with van der Waals surface area (Å²) >= 11 is 0. The van der Waals surface area contributed by atoms with Crippen molar-refractivity contribution in [3.8, 4) is 0 Å². The van der Waals surface area contributed by atoms with E-state index in [9.17, 15) is 4.80 Å². The fourth-order valence-corrected chi connectivity index (χ4v) is 35.2. The molecule has 0 radical (unpaired) electrons. The molecular weight excluding hydrogens is 505 g/mol. The van der Waals surface area contributed by atoms with Gasteiger partial charge in [0.15, 0.2) is 0 Å². The molecule has 30 heavy (non-hydrogen) atoms. The van der Waals surface area contributed by atoms with Crippen molar-refractivity contribution < 1.29 is 33.9 Å². The summed E-state index contributed by atoms with van der Waals surface area (Å²) in [6.45, 7) is 27.6. The second kappa shape index (κ2) is 10.2. The molecule has 0 aliphatic carbocycles. The average molecular weight is 551 g/mol. The van der Waals surface area contributed by atoms with Crippen molar-refractivity contribution in [3.63, 3.8) is 0 Å². The predicted octanol–water partition coefficient (Wildman–Crippen LogP) is 4.64. The molecule has 0 aromatic carbocycles. The summed E-state index contributed by atoms with van der Waals surface area (Å²) in [7, 11) is -15.8. The molecule has 0 aromatic heterocycles. The SMILES string of the molecule is CO[Si](C)(C)O[Si](C)(C)O[Si](C)(C)O[Si](C)(C)O[Si](C)(C)O[Si](C)(C)O[Si](C)(C)O. The van der Waals surface area contributed by atoms with E-state index in [4.69, 9.17) is 29.1 Å². The highest BCUT2D eigenvalue weighted by atomic mass is 28.5. The predicted molar refractivity (Wildman–Crippen MR) is 138 cm³/mol. The van der Waals surface area contributed by atoms with Crippen molar-refractivity contribution in [2.75, 3.05) is 7.11 Å². The highest BCUT2D eigenvalue weighted by Gasteiger charge is 2.48. The Morgan fingerprint density at radius 2 is 0.567 bits per heavy atom. The van der Waals surface area contributed by atoms with Crippen LogP contribution in [0.1, 0.15) is 0 Å². The maximum Gasteiger partial charge on any atom is 0.322 e. The Balaban J connectivity index is 5.18. The van der Waals surface area contributed by atoms with Crippen LogP contribution in [0, 0.1) is 0 Å². The van der Waals surface area contributed by atoms with E-state index in [-0.39, 0.29) is 0 Å². The third-order valence-corrected chi connectivity index (χ3v) is 28.1. The maximum atomic E-state index is 10.1. The second-order valence-corrected chi connectivity index (χ2v) is 35.7. The molecule has 8 nitrogen and oxygen atoms in total. The zero-order valence-corrected chi connectivity index (χ0v) is 28.8. The lowest BCUT2D eigenvalue weighted by Gasteiger charge is -2.43. The minimum absolute atomic E-state index is 1.68. The van der Waals surface area contributed by atoms with E-state index < -0.39 is 59.9 Å². The molecule has 0 amide bonds. The minimum atomic E-state index is -2.68. The van der Waals surface area contributed by atoms with Crippen LogP contribution >= 0.6 is 0 Å². The summed E-state index contributed by atoms with van der Waals surface area (Å²) in [5.74, 6) is 0. The molecule has 0 fully saturated rings. The zero-order valence-electron chi connectivity index (χ0n) is 21.8. The Kier molecular flexibility index (Phi) is 10.6. The van der Waals surface area contributed by atoms with Crippen LogP contribution < -0.4 is 0 Å². The lowest BCUT2D eigenvalue weighted by molar-refractivity contribution is 0.250. The molecule has 0 atom stereocenters. The van der Waals surface area contributed by atoms with E-state index in [2.05, 4.69) is 0 Å². The van der Waals surface area contributed by atoms with E-state index >= 15 is 0 Å². The van der Waals surface area contributed by atoms with E-state index in [0.717, 1.165) is 0 Å². The van der Waals surface area contributed by atoms with Crippen molar-refractivity contribution >= 4 is 59.9 Å². The Morgan fingerprint density at radius 1 is 0.367 bits per heavy atom. The molecule has 0 saturated carbocycles. The molecule has 0 heterocycles. The maximum absolute atomic E-state index is 10.1. The Bertz CT molecular complexity index is 562. The van der Waals surface area contributed by atoms with E-state index in [1.807, 2.05) is 78.6 Å². The molecule has 182 valence electrons. The summed E-state index contributed by atoms with van der Waals surface area (Å²) < 4.78 is 43.5. The second-order valence-electron chi connectivity index (χ2n) is 10.7. The molecule has 15 heteroatoms. The van der Waals surface area contributed by atoms with Crippen molar-refractivity contribution in [2.45, 2.75) is 91.7 Å². The molecular formula is C15H46O8Si7. The van der Waals surface area contributed by atoms with Crippen molar-refractivity contribution in [2.24, 2.45) is 0 Å². The first kappa shape index (κ1) is 31.2. The van der Waals surface area contributed by atoms with Gasteiger partial charge in [-0.05, 0) is 91.7 Å². The third kappa shape index (κ3) is 14.4. The third-order valence-electron chi connectivity index (χ3n) is 3.45. The van der Waals surface area contributed by atoms with Gasteiger partial charge in [-0.1, -0.05) is 0 Å². The Hall–Kier alpha value is 1.20. The van der Waals surface area contributed by atoms with Gasteiger partial charge >= 0.3 is 59.9 Å². The topological polar surface area (TPSA) is 84.8 Å². The number of hydrogen-bond acceptors (Lipinski definition) is 8. The van der Waals surface area contributed by atoms with Gasteiger partial charge in [0.05, 0.1) is 0 Å². The normalized spacial score (nSPS) is 15.6. The van der Waals surface area contributed by atoms with Crippen LogP contribution in [0.2, 0.25) is 91.7 Å². The van der Waals surface area contributed by atoms with Crippen LogP contribution in [-0.4, -0.2) is 71.8 Å². The van der Waals surface area contributed by atoms with Gasteiger partial charge in [-0.3, -0.25) is 0 Å². The first-order chi connectivity index (χ1) is 12.8. The van der Waals surface area contributed by atoms with Crippen LogP contribution in [0.5, 0.6) is 0 Å². The summed E-state index contributed by atoms with van der Waals surface area (Å²) in [5.41, 5.74) is 0. The van der Waals surface area contributed by atoms with Gasteiger partial charge in [0.25, 0.3) is 0 Å². The smallest absolute Gasteiger partial charge is 0.322 e. The van der Waals surface area contributed by atoms with Crippen LogP contribution in [0.3, 0.4) is 0 Å². The van der Waals surface area contributed by atoms with Gasteiger partial charge in [0, 0.05) is 7.11 Å². The van der Waals surface area contributed by atoms with Crippen LogP contribution in [-0.2, 0) is 29.1 Å². The van der Waals surface area contributed by atoms with Gasteiger partial charge in [0.2, 0.25) is 0 Å². The van der Waals surface area contributed by atoms with E-state index in [1.165, 1.54) is 0 Å². The summed E-state index contributed by atoms with van der Waals surface area (Å²) in [4.78, 5) is 10.1. The van der Waals surface area contributed by atoms with Crippen molar-refractivity contribution in [1.29, 1.82) is 0 Å². The van der Waals surface area contributed by atoms with Gasteiger partial charge in [-0.25, -0.2) is 0 Å². The molecule has 0 aliphatic heterocycles.